The summed E-state index contributed by atoms with van der Waals surface area (Å²) in [6.45, 7) is 3.91. The summed E-state index contributed by atoms with van der Waals surface area (Å²) in [7, 11) is 1.68. The van der Waals surface area contributed by atoms with Crippen LogP contribution >= 0.6 is 24.0 Å². The number of piperazine rings is 1. The Hall–Kier alpha value is -2.50. The van der Waals surface area contributed by atoms with E-state index in [1.807, 2.05) is 11.0 Å². The number of carbonyl (C=O) groups is 1. The summed E-state index contributed by atoms with van der Waals surface area (Å²) in [6, 6.07) is 8.35. The van der Waals surface area contributed by atoms with Gasteiger partial charge in [-0.3, -0.25) is 9.79 Å². The molecule has 0 spiro atoms. The van der Waals surface area contributed by atoms with E-state index in [-0.39, 0.29) is 35.7 Å². The second-order valence-electron chi connectivity index (χ2n) is 6.97. The molecule has 2 N–H and O–H groups in total. The minimum Gasteiger partial charge on any atom is -0.356 e. The van der Waals surface area contributed by atoms with Gasteiger partial charge in [-0.1, -0.05) is 12.1 Å². The number of nitrogens with one attached hydrogen (secondary N) is 2. The van der Waals surface area contributed by atoms with Gasteiger partial charge in [0.25, 0.3) is 0 Å². The molecular weight excluding hydrogens is 512 g/mol. The van der Waals surface area contributed by atoms with Crippen LogP contribution in [0.5, 0.6) is 0 Å². The first-order valence-corrected chi connectivity index (χ1v) is 10.1. The quantitative estimate of drug-likeness (QED) is 0.316. The number of aliphatic imine (C=N–C) groups is 1. The first kappa shape index (κ1) is 24.8. The fourth-order valence-corrected chi connectivity index (χ4v) is 3.29. The molecule has 0 atom stereocenters. The Labute approximate surface area is 199 Å². The Balaban J connectivity index is 0.00000341. The monoisotopic (exact) mass is 541 g/mol. The van der Waals surface area contributed by atoms with E-state index in [9.17, 15) is 9.18 Å². The third-order valence-corrected chi connectivity index (χ3v) is 4.92. The molecule has 168 valence electrons. The molecule has 1 aromatic heterocycles. The molecule has 1 aliphatic rings. The van der Waals surface area contributed by atoms with Crippen LogP contribution in [0.15, 0.2) is 47.7 Å². The molecule has 0 aliphatic carbocycles. The molecule has 0 unspecified atom stereocenters. The van der Waals surface area contributed by atoms with Crippen molar-refractivity contribution in [2.75, 3.05) is 51.2 Å². The number of hydrogen-bond donors (Lipinski definition) is 2. The summed E-state index contributed by atoms with van der Waals surface area (Å²) in [5, 5.41) is 6.34. The lowest BCUT2D eigenvalue weighted by Gasteiger charge is -2.34. The van der Waals surface area contributed by atoms with Gasteiger partial charge in [-0.05, 0) is 30.2 Å². The number of nitrogens with zero attached hydrogens (tertiary/aromatic N) is 5. The Morgan fingerprint density at radius 2 is 1.81 bits per heavy atom. The predicted molar refractivity (Wildman–Crippen MR) is 130 cm³/mol. The van der Waals surface area contributed by atoms with Gasteiger partial charge in [0.1, 0.15) is 5.82 Å². The zero-order valence-electron chi connectivity index (χ0n) is 17.6. The molecule has 1 saturated heterocycles. The number of halogens is 2. The van der Waals surface area contributed by atoms with Crippen molar-refractivity contribution in [3.63, 3.8) is 0 Å². The lowest BCUT2D eigenvalue weighted by atomic mass is 10.1. The molecule has 1 fully saturated rings. The Bertz CT molecular complexity index is 845. The number of carbonyl (C=O) groups excluding carboxylic acids is 1. The number of benzene rings is 1. The maximum atomic E-state index is 13.2. The standard InChI is InChI=1S/C21H28FN7O.HI/c1-23-20(24-10-6-17-4-2-5-18(22)16-17)25-11-7-19(30)28-12-14-29(15-13-28)21-26-8-3-9-27-21;/h2-5,8-9,16H,6-7,10-15H2,1H3,(H2,23,24,25);1H. The molecule has 31 heavy (non-hydrogen) atoms. The van der Waals surface area contributed by atoms with Gasteiger partial charge in [0.2, 0.25) is 11.9 Å². The van der Waals surface area contributed by atoms with E-state index >= 15 is 0 Å². The van der Waals surface area contributed by atoms with E-state index in [0.29, 0.717) is 50.9 Å². The van der Waals surface area contributed by atoms with Crippen molar-refractivity contribution in [1.82, 2.24) is 25.5 Å². The number of aromatic nitrogens is 2. The zero-order valence-corrected chi connectivity index (χ0v) is 20.0. The number of amides is 1. The van der Waals surface area contributed by atoms with Gasteiger partial charge >= 0.3 is 0 Å². The van der Waals surface area contributed by atoms with E-state index in [4.69, 9.17) is 0 Å². The first-order chi connectivity index (χ1) is 14.7. The highest BCUT2D eigenvalue weighted by Gasteiger charge is 2.22. The van der Waals surface area contributed by atoms with Crippen molar-refractivity contribution in [3.05, 3.63) is 54.1 Å². The van der Waals surface area contributed by atoms with Crippen LogP contribution in [0, 0.1) is 5.82 Å². The van der Waals surface area contributed by atoms with Crippen LogP contribution in [0.25, 0.3) is 0 Å². The van der Waals surface area contributed by atoms with Gasteiger partial charge in [0, 0.05) is 65.1 Å². The average Bonchev–Trinajstić information content (AvgIpc) is 2.78. The number of rotatable bonds is 7. The van der Waals surface area contributed by atoms with Crippen molar-refractivity contribution in [2.24, 2.45) is 4.99 Å². The van der Waals surface area contributed by atoms with Crippen LogP contribution in [0.2, 0.25) is 0 Å². The van der Waals surface area contributed by atoms with Gasteiger partial charge in [0.05, 0.1) is 0 Å². The lowest BCUT2D eigenvalue weighted by molar-refractivity contribution is -0.131. The van der Waals surface area contributed by atoms with Crippen LogP contribution in [0.3, 0.4) is 0 Å². The Morgan fingerprint density at radius 3 is 2.48 bits per heavy atom. The molecule has 10 heteroatoms. The summed E-state index contributed by atoms with van der Waals surface area (Å²) in [5.41, 5.74) is 0.924. The van der Waals surface area contributed by atoms with Gasteiger partial charge < -0.3 is 20.4 Å². The van der Waals surface area contributed by atoms with Crippen LogP contribution in [0.1, 0.15) is 12.0 Å². The first-order valence-electron chi connectivity index (χ1n) is 10.1. The van der Waals surface area contributed by atoms with Crippen LogP contribution in [-0.4, -0.2) is 73.1 Å². The predicted octanol–water partition coefficient (Wildman–Crippen LogP) is 1.68. The van der Waals surface area contributed by atoms with Crippen LogP contribution < -0.4 is 15.5 Å². The molecule has 3 rings (SSSR count). The SMILES string of the molecule is CN=C(NCCC(=O)N1CCN(c2ncccn2)CC1)NCCc1cccc(F)c1.I. The second kappa shape index (κ2) is 13.0. The number of hydrogen-bond acceptors (Lipinski definition) is 5. The zero-order chi connectivity index (χ0) is 21.2. The smallest absolute Gasteiger partial charge is 0.225 e. The molecule has 0 radical (unpaired) electrons. The molecule has 1 amide bonds. The van der Waals surface area contributed by atoms with Gasteiger partial charge in [0.15, 0.2) is 5.96 Å². The Morgan fingerprint density at radius 1 is 1.10 bits per heavy atom. The lowest BCUT2D eigenvalue weighted by Crippen LogP contribution is -2.50. The molecule has 0 bridgehead atoms. The second-order valence-corrected chi connectivity index (χ2v) is 6.97. The van der Waals surface area contributed by atoms with Crippen molar-refractivity contribution >= 4 is 41.8 Å². The molecule has 1 aromatic carbocycles. The topological polar surface area (TPSA) is 85.8 Å². The summed E-state index contributed by atoms with van der Waals surface area (Å²) in [5.74, 6) is 1.22. The van der Waals surface area contributed by atoms with Gasteiger partial charge in [-0.25, -0.2) is 14.4 Å². The normalized spacial score (nSPS) is 14.1. The maximum Gasteiger partial charge on any atom is 0.225 e. The highest BCUT2D eigenvalue weighted by Crippen LogP contribution is 2.10. The van der Waals surface area contributed by atoms with E-state index in [1.165, 1.54) is 12.1 Å². The fourth-order valence-electron chi connectivity index (χ4n) is 3.29. The summed E-state index contributed by atoms with van der Waals surface area (Å²) >= 11 is 0. The largest absolute Gasteiger partial charge is 0.356 e. The molecule has 2 aromatic rings. The average molecular weight is 541 g/mol. The van der Waals surface area contributed by atoms with Gasteiger partial charge in [-0.2, -0.15) is 0 Å². The van der Waals surface area contributed by atoms with Crippen molar-refractivity contribution in [2.45, 2.75) is 12.8 Å². The van der Waals surface area contributed by atoms with Crippen LogP contribution in [0.4, 0.5) is 10.3 Å². The minimum absolute atomic E-state index is 0. The number of anilines is 1. The summed E-state index contributed by atoms with van der Waals surface area (Å²) in [6.07, 6.45) is 4.54. The highest BCUT2D eigenvalue weighted by molar-refractivity contribution is 14.0. The van der Waals surface area contributed by atoms with Gasteiger partial charge in [-0.15, -0.1) is 24.0 Å². The van der Waals surface area contributed by atoms with Crippen molar-refractivity contribution < 1.29 is 9.18 Å². The van der Waals surface area contributed by atoms with E-state index in [2.05, 4.69) is 30.5 Å². The number of guanidine groups is 1. The fraction of sp³-hybridized carbons (Fsp3) is 0.429. The summed E-state index contributed by atoms with van der Waals surface area (Å²) in [4.78, 5) is 29.1. The van der Waals surface area contributed by atoms with E-state index < -0.39 is 0 Å². The molecule has 0 saturated carbocycles. The van der Waals surface area contributed by atoms with Crippen LogP contribution in [-0.2, 0) is 11.2 Å². The third kappa shape index (κ3) is 7.93. The van der Waals surface area contributed by atoms with E-state index in [0.717, 1.165) is 18.7 Å². The van der Waals surface area contributed by atoms with E-state index in [1.54, 1.807) is 31.6 Å². The summed E-state index contributed by atoms with van der Waals surface area (Å²) < 4.78 is 13.2. The van der Waals surface area contributed by atoms with Crippen molar-refractivity contribution in [1.29, 1.82) is 0 Å². The molecule has 1 aliphatic heterocycles. The highest BCUT2D eigenvalue weighted by atomic mass is 127. The molecule has 2 heterocycles. The molecular formula is C21H29FIN7O. The van der Waals surface area contributed by atoms with Crippen molar-refractivity contribution in [3.8, 4) is 0 Å². The maximum absolute atomic E-state index is 13.2. The molecule has 8 nitrogen and oxygen atoms in total. The minimum atomic E-state index is -0.231. The third-order valence-electron chi connectivity index (χ3n) is 4.92. The Kier molecular flexibility index (Phi) is 10.4.